The molecule has 0 saturated heterocycles. The van der Waals surface area contributed by atoms with Crippen LogP contribution in [-0.4, -0.2) is 22.8 Å². The Morgan fingerprint density at radius 2 is 1.70 bits per heavy atom. The molecule has 0 unspecified atom stereocenters. The Morgan fingerprint density at radius 1 is 0.939 bits per heavy atom. The minimum Gasteiger partial charge on any atom is -0.454 e. The van der Waals surface area contributed by atoms with Crippen LogP contribution in [0.3, 0.4) is 0 Å². The third kappa shape index (κ3) is 4.57. The lowest BCUT2D eigenvalue weighted by atomic mass is 10.1. The van der Waals surface area contributed by atoms with Crippen molar-refractivity contribution in [1.29, 1.82) is 0 Å². The number of benzene rings is 3. The van der Waals surface area contributed by atoms with Gasteiger partial charge >= 0.3 is 0 Å². The first-order chi connectivity index (χ1) is 16.0. The number of hydrogen-bond donors (Lipinski definition) is 0. The standard InChI is InChI=1S/C26H21FN2O4/c1-17-2-5-20(6-3-17)26(30)29(14-18-4-11-23-25(12-18)32-16-31-23)15-22-13-24(33-28-22)19-7-9-21(27)10-8-19/h2-13H,14-16H2,1H3. The quantitative estimate of drug-likeness (QED) is 0.401. The summed E-state index contributed by atoms with van der Waals surface area (Å²) < 4.78 is 29.6. The molecule has 7 heteroatoms. The molecule has 0 saturated carbocycles. The number of nitrogens with zero attached hydrogens (tertiary/aromatic N) is 2. The fraction of sp³-hybridized carbons (Fsp3) is 0.154. The average Bonchev–Trinajstić information content (AvgIpc) is 3.48. The molecule has 0 spiro atoms. The van der Waals surface area contributed by atoms with Crippen molar-refractivity contribution in [1.82, 2.24) is 10.1 Å². The van der Waals surface area contributed by atoms with Crippen molar-refractivity contribution in [2.45, 2.75) is 20.0 Å². The van der Waals surface area contributed by atoms with Crippen molar-refractivity contribution in [2.24, 2.45) is 0 Å². The number of amides is 1. The molecule has 2 heterocycles. The molecule has 1 aliphatic heterocycles. The molecule has 1 aromatic heterocycles. The zero-order valence-corrected chi connectivity index (χ0v) is 18.0. The molecule has 0 N–H and O–H groups in total. The van der Waals surface area contributed by atoms with Crippen molar-refractivity contribution in [3.63, 3.8) is 0 Å². The summed E-state index contributed by atoms with van der Waals surface area (Å²) in [5, 5.41) is 4.14. The number of rotatable bonds is 6. The summed E-state index contributed by atoms with van der Waals surface area (Å²) >= 11 is 0. The molecule has 4 aromatic rings. The topological polar surface area (TPSA) is 64.8 Å². The molecule has 33 heavy (non-hydrogen) atoms. The highest BCUT2D eigenvalue weighted by Gasteiger charge is 2.21. The Labute approximate surface area is 190 Å². The van der Waals surface area contributed by atoms with Gasteiger partial charge in [-0.25, -0.2) is 4.39 Å². The van der Waals surface area contributed by atoms with E-state index in [1.54, 1.807) is 23.1 Å². The Kier molecular flexibility index (Phi) is 5.52. The fourth-order valence-corrected chi connectivity index (χ4v) is 3.67. The lowest BCUT2D eigenvalue weighted by Crippen LogP contribution is -2.30. The van der Waals surface area contributed by atoms with Crippen LogP contribution in [0, 0.1) is 12.7 Å². The third-order valence-corrected chi connectivity index (χ3v) is 5.44. The zero-order valence-electron chi connectivity index (χ0n) is 18.0. The van der Waals surface area contributed by atoms with Gasteiger partial charge in [-0.3, -0.25) is 4.79 Å². The van der Waals surface area contributed by atoms with E-state index in [0.29, 0.717) is 40.6 Å². The molecular formula is C26H21FN2O4. The van der Waals surface area contributed by atoms with E-state index in [-0.39, 0.29) is 25.1 Å². The Hall–Kier alpha value is -4.13. The molecule has 166 valence electrons. The number of halogens is 1. The molecule has 0 fully saturated rings. The van der Waals surface area contributed by atoms with Gasteiger partial charge in [-0.1, -0.05) is 28.9 Å². The van der Waals surface area contributed by atoms with Gasteiger partial charge in [0.1, 0.15) is 11.5 Å². The molecule has 0 bridgehead atoms. The summed E-state index contributed by atoms with van der Waals surface area (Å²) in [5.41, 5.74) is 3.87. The smallest absolute Gasteiger partial charge is 0.254 e. The van der Waals surface area contributed by atoms with Crippen LogP contribution in [0.5, 0.6) is 11.5 Å². The van der Waals surface area contributed by atoms with Gasteiger partial charge in [-0.15, -0.1) is 0 Å². The van der Waals surface area contributed by atoms with Crippen LogP contribution in [0.15, 0.2) is 77.3 Å². The summed E-state index contributed by atoms with van der Waals surface area (Å²) in [6.07, 6.45) is 0. The van der Waals surface area contributed by atoms with E-state index >= 15 is 0 Å². The van der Waals surface area contributed by atoms with Crippen LogP contribution in [0.25, 0.3) is 11.3 Å². The molecule has 5 rings (SSSR count). The number of fused-ring (bicyclic) bond motifs is 1. The van der Waals surface area contributed by atoms with Crippen molar-refractivity contribution >= 4 is 5.91 Å². The number of hydrogen-bond acceptors (Lipinski definition) is 5. The SMILES string of the molecule is Cc1ccc(C(=O)N(Cc2ccc3c(c2)OCO3)Cc2cc(-c3ccc(F)cc3)on2)cc1. The molecule has 6 nitrogen and oxygen atoms in total. The lowest BCUT2D eigenvalue weighted by molar-refractivity contribution is 0.0726. The predicted molar refractivity (Wildman–Crippen MR) is 119 cm³/mol. The number of carbonyl (C=O) groups is 1. The van der Waals surface area contributed by atoms with Gasteiger partial charge in [0.25, 0.3) is 5.91 Å². The van der Waals surface area contributed by atoms with Crippen LogP contribution in [0.1, 0.15) is 27.2 Å². The first-order valence-electron chi connectivity index (χ1n) is 10.5. The van der Waals surface area contributed by atoms with Crippen LogP contribution >= 0.6 is 0 Å². The van der Waals surface area contributed by atoms with Crippen molar-refractivity contribution in [3.8, 4) is 22.8 Å². The van der Waals surface area contributed by atoms with Gasteiger partial charge in [-0.2, -0.15) is 0 Å². The van der Waals surface area contributed by atoms with E-state index in [1.807, 2.05) is 49.4 Å². The Bertz CT molecular complexity index is 1280. The van der Waals surface area contributed by atoms with Crippen LogP contribution in [0.4, 0.5) is 4.39 Å². The largest absolute Gasteiger partial charge is 0.454 e. The Balaban J connectivity index is 1.41. The van der Waals surface area contributed by atoms with E-state index in [9.17, 15) is 9.18 Å². The normalized spacial score (nSPS) is 12.1. The minimum atomic E-state index is -0.322. The van der Waals surface area contributed by atoms with Crippen molar-refractivity contribution in [3.05, 3.63) is 101 Å². The van der Waals surface area contributed by atoms with E-state index in [1.165, 1.54) is 12.1 Å². The predicted octanol–water partition coefficient (Wildman–Crippen LogP) is 5.36. The molecule has 0 atom stereocenters. The van der Waals surface area contributed by atoms with E-state index in [2.05, 4.69) is 5.16 Å². The maximum atomic E-state index is 13.4. The van der Waals surface area contributed by atoms with E-state index < -0.39 is 0 Å². The molecule has 1 amide bonds. The van der Waals surface area contributed by atoms with Gasteiger partial charge in [0.15, 0.2) is 17.3 Å². The van der Waals surface area contributed by atoms with Crippen molar-refractivity contribution in [2.75, 3.05) is 6.79 Å². The minimum absolute atomic E-state index is 0.126. The van der Waals surface area contributed by atoms with Gasteiger partial charge < -0.3 is 18.9 Å². The second kappa shape index (κ2) is 8.78. The maximum absolute atomic E-state index is 13.4. The highest BCUT2D eigenvalue weighted by molar-refractivity contribution is 5.94. The maximum Gasteiger partial charge on any atom is 0.254 e. The highest BCUT2D eigenvalue weighted by Crippen LogP contribution is 2.33. The van der Waals surface area contributed by atoms with E-state index in [4.69, 9.17) is 14.0 Å². The molecule has 0 radical (unpaired) electrons. The average molecular weight is 444 g/mol. The summed E-state index contributed by atoms with van der Waals surface area (Å²) in [6, 6.07) is 20.8. The molecular weight excluding hydrogens is 423 g/mol. The number of aryl methyl sites for hydroxylation is 1. The van der Waals surface area contributed by atoms with Gasteiger partial charge in [0, 0.05) is 23.7 Å². The zero-order chi connectivity index (χ0) is 22.8. The summed E-state index contributed by atoms with van der Waals surface area (Å²) in [6.45, 7) is 2.76. The summed E-state index contributed by atoms with van der Waals surface area (Å²) in [4.78, 5) is 15.1. The fourth-order valence-electron chi connectivity index (χ4n) is 3.67. The van der Waals surface area contributed by atoms with Crippen molar-refractivity contribution < 1.29 is 23.2 Å². The Morgan fingerprint density at radius 3 is 2.48 bits per heavy atom. The third-order valence-electron chi connectivity index (χ3n) is 5.44. The van der Waals surface area contributed by atoms with Crippen LogP contribution in [-0.2, 0) is 13.1 Å². The van der Waals surface area contributed by atoms with Gasteiger partial charge in [0.2, 0.25) is 6.79 Å². The monoisotopic (exact) mass is 444 g/mol. The first kappa shape index (κ1) is 20.8. The second-order valence-corrected chi connectivity index (χ2v) is 7.90. The van der Waals surface area contributed by atoms with E-state index in [0.717, 1.165) is 11.1 Å². The summed E-state index contributed by atoms with van der Waals surface area (Å²) in [7, 11) is 0. The number of carbonyl (C=O) groups excluding carboxylic acids is 1. The molecule has 0 aliphatic carbocycles. The number of ether oxygens (including phenoxy) is 2. The second-order valence-electron chi connectivity index (χ2n) is 7.90. The van der Waals surface area contributed by atoms with Crippen LogP contribution < -0.4 is 9.47 Å². The van der Waals surface area contributed by atoms with Gasteiger partial charge in [0.05, 0.1) is 6.54 Å². The van der Waals surface area contributed by atoms with Gasteiger partial charge in [-0.05, 0) is 61.0 Å². The summed E-state index contributed by atoms with van der Waals surface area (Å²) in [5.74, 6) is 1.41. The van der Waals surface area contributed by atoms with Crippen LogP contribution in [0.2, 0.25) is 0 Å². The first-order valence-corrected chi connectivity index (χ1v) is 10.5. The number of aromatic nitrogens is 1. The molecule has 1 aliphatic rings. The lowest BCUT2D eigenvalue weighted by Gasteiger charge is -2.22. The molecule has 3 aromatic carbocycles. The highest BCUT2D eigenvalue weighted by atomic mass is 19.1.